The normalized spacial score (nSPS) is 16.9. The van der Waals surface area contributed by atoms with Crippen molar-refractivity contribution in [3.05, 3.63) is 54.1 Å². The Balaban J connectivity index is 1.35. The van der Waals surface area contributed by atoms with Crippen LogP contribution in [0, 0.1) is 6.92 Å². The summed E-state index contributed by atoms with van der Waals surface area (Å²) in [5, 5.41) is 5.75. The zero-order chi connectivity index (χ0) is 19.5. The van der Waals surface area contributed by atoms with Crippen LogP contribution < -0.4 is 20.4 Å². The predicted octanol–water partition coefficient (Wildman–Crippen LogP) is 2.88. The largest absolute Gasteiger partial charge is 0.368 e. The Bertz CT molecular complexity index is 877. The molecular formula is C21H25N5O2. The van der Waals surface area contributed by atoms with Gasteiger partial charge in [-0.1, -0.05) is 18.2 Å². The number of aryl methyl sites for hydroxylation is 1. The minimum atomic E-state index is -0.105. The highest BCUT2D eigenvalue weighted by atomic mass is 16.2. The van der Waals surface area contributed by atoms with E-state index in [0.717, 1.165) is 18.8 Å². The van der Waals surface area contributed by atoms with Gasteiger partial charge >= 0.3 is 12.1 Å². The zero-order valence-corrected chi connectivity index (χ0v) is 16.0. The van der Waals surface area contributed by atoms with Crippen molar-refractivity contribution in [2.75, 3.05) is 54.4 Å². The highest BCUT2D eigenvalue weighted by Crippen LogP contribution is 2.22. The van der Waals surface area contributed by atoms with Crippen molar-refractivity contribution in [2.24, 2.45) is 0 Å². The fraction of sp³-hybridized carbons (Fsp3) is 0.333. The van der Waals surface area contributed by atoms with Crippen LogP contribution in [-0.2, 0) is 0 Å². The number of anilines is 3. The Morgan fingerprint density at radius 2 is 1.71 bits per heavy atom. The van der Waals surface area contributed by atoms with Gasteiger partial charge in [-0.25, -0.2) is 9.59 Å². The van der Waals surface area contributed by atoms with E-state index >= 15 is 0 Å². The van der Waals surface area contributed by atoms with Crippen molar-refractivity contribution in [1.82, 2.24) is 10.2 Å². The Hall–Kier alpha value is -3.22. The van der Waals surface area contributed by atoms with Crippen LogP contribution in [-0.4, -0.2) is 56.2 Å². The lowest BCUT2D eigenvalue weighted by molar-refractivity contribution is 0.208. The number of piperazine rings is 1. The summed E-state index contributed by atoms with van der Waals surface area (Å²) in [6.07, 6.45) is 0. The van der Waals surface area contributed by atoms with Crippen molar-refractivity contribution in [3.63, 3.8) is 0 Å². The second-order valence-electron chi connectivity index (χ2n) is 7.18. The van der Waals surface area contributed by atoms with Crippen LogP contribution in [0.3, 0.4) is 0 Å². The van der Waals surface area contributed by atoms with Crippen molar-refractivity contribution in [2.45, 2.75) is 6.92 Å². The first-order valence-electron chi connectivity index (χ1n) is 9.63. The highest BCUT2D eigenvalue weighted by molar-refractivity contribution is 5.95. The van der Waals surface area contributed by atoms with Crippen LogP contribution in [0.25, 0.3) is 0 Å². The Morgan fingerprint density at radius 1 is 0.964 bits per heavy atom. The number of nitrogens with one attached hydrogen (secondary N) is 2. The Kier molecular flexibility index (Phi) is 5.06. The molecular weight excluding hydrogens is 354 g/mol. The number of nitrogens with zero attached hydrogens (tertiary/aromatic N) is 3. The van der Waals surface area contributed by atoms with Gasteiger partial charge in [-0.2, -0.15) is 0 Å². The van der Waals surface area contributed by atoms with E-state index in [1.54, 1.807) is 4.90 Å². The summed E-state index contributed by atoms with van der Waals surface area (Å²) < 4.78 is 0. The SMILES string of the molecule is Cc1cccc(N2CCN(C(=O)Nc3cccc(N4CCNC4=O)c3)CC2)c1. The first kappa shape index (κ1) is 18.2. The third-order valence-corrected chi connectivity index (χ3v) is 5.20. The first-order valence-corrected chi connectivity index (χ1v) is 9.63. The lowest BCUT2D eigenvalue weighted by Crippen LogP contribution is -2.50. The summed E-state index contributed by atoms with van der Waals surface area (Å²) in [7, 11) is 0. The molecule has 2 fully saturated rings. The van der Waals surface area contributed by atoms with Gasteiger partial charge in [-0.05, 0) is 42.8 Å². The predicted molar refractivity (Wildman–Crippen MR) is 111 cm³/mol. The minimum absolute atomic E-state index is 0.101. The van der Waals surface area contributed by atoms with E-state index in [2.05, 4.69) is 46.7 Å². The number of benzene rings is 2. The summed E-state index contributed by atoms with van der Waals surface area (Å²) >= 11 is 0. The minimum Gasteiger partial charge on any atom is -0.368 e. The fourth-order valence-corrected chi connectivity index (χ4v) is 3.66. The average Bonchev–Trinajstić information content (AvgIpc) is 3.14. The van der Waals surface area contributed by atoms with Crippen LogP contribution in [0.5, 0.6) is 0 Å². The van der Waals surface area contributed by atoms with Crippen molar-refractivity contribution < 1.29 is 9.59 Å². The Labute approximate surface area is 164 Å². The topological polar surface area (TPSA) is 67.9 Å². The van der Waals surface area contributed by atoms with Gasteiger partial charge in [-0.15, -0.1) is 0 Å². The van der Waals surface area contributed by atoms with E-state index in [1.165, 1.54) is 11.3 Å². The molecule has 0 bridgehead atoms. The molecule has 2 N–H and O–H groups in total. The molecule has 28 heavy (non-hydrogen) atoms. The van der Waals surface area contributed by atoms with E-state index in [1.807, 2.05) is 29.2 Å². The van der Waals surface area contributed by atoms with E-state index in [9.17, 15) is 9.59 Å². The molecule has 4 rings (SSSR count). The van der Waals surface area contributed by atoms with Gasteiger partial charge in [0.2, 0.25) is 0 Å². The van der Waals surface area contributed by atoms with Gasteiger partial charge in [0.25, 0.3) is 0 Å². The molecule has 0 aromatic heterocycles. The summed E-state index contributed by atoms with van der Waals surface area (Å²) in [5.41, 5.74) is 3.93. The molecule has 146 valence electrons. The van der Waals surface area contributed by atoms with Crippen molar-refractivity contribution >= 4 is 29.1 Å². The fourth-order valence-electron chi connectivity index (χ4n) is 3.66. The quantitative estimate of drug-likeness (QED) is 0.862. The number of urea groups is 2. The summed E-state index contributed by atoms with van der Waals surface area (Å²) in [6, 6.07) is 15.7. The van der Waals surface area contributed by atoms with Crippen LogP contribution in [0.1, 0.15) is 5.56 Å². The number of amides is 4. The smallest absolute Gasteiger partial charge is 0.321 e. The maximum atomic E-state index is 12.7. The van der Waals surface area contributed by atoms with E-state index in [0.29, 0.717) is 31.9 Å². The summed E-state index contributed by atoms with van der Waals surface area (Å²) in [6.45, 7) is 6.34. The van der Waals surface area contributed by atoms with Gasteiger partial charge in [0.1, 0.15) is 0 Å². The van der Waals surface area contributed by atoms with Crippen LogP contribution in [0.15, 0.2) is 48.5 Å². The second kappa shape index (κ2) is 7.80. The molecule has 7 heteroatoms. The number of hydrogen-bond acceptors (Lipinski definition) is 3. The van der Waals surface area contributed by atoms with Gasteiger partial charge in [0.05, 0.1) is 0 Å². The number of hydrogen-bond donors (Lipinski definition) is 2. The third kappa shape index (κ3) is 3.88. The number of rotatable bonds is 3. The lowest BCUT2D eigenvalue weighted by Gasteiger charge is -2.36. The second-order valence-corrected chi connectivity index (χ2v) is 7.18. The molecule has 2 aromatic rings. The van der Waals surface area contributed by atoms with Gasteiger partial charge in [0, 0.05) is 56.3 Å². The van der Waals surface area contributed by atoms with Gasteiger partial charge < -0.3 is 20.4 Å². The monoisotopic (exact) mass is 379 g/mol. The number of carbonyl (C=O) groups excluding carboxylic acids is 2. The van der Waals surface area contributed by atoms with Crippen molar-refractivity contribution in [1.29, 1.82) is 0 Å². The molecule has 2 aliphatic rings. The molecule has 4 amide bonds. The number of carbonyl (C=O) groups is 2. The highest BCUT2D eigenvalue weighted by Gasteiger charge is 2.23. The molecule has 7 nitrogen and oxygen atoms in total. The lowest BCUT2D eigenvalue weighted by atomic mass is 10.2. The standard InChI is InChI=1S/C21H25N5O2/c1-16-4-2-6-18(14-16)24-10-12-25(13-11-24)21(28)23-17-5-3-7-19(15-17)26-9-8-22-20(26)27/h2-7,14-15H,8-13H2,1H3,(H,22,27)(H,23,28). The summed E-state index contributed by atoms with van der Waals surface area (Å²) in [4.78, 5) is 30.3. The third-order valence-electron chi connectivity index (χ3n) is 5.20. The molecule has 2 saturated heterocycles. The van der Waals surface area contributed by atoms with Crippen LogP contribution in [0.2, 0.25) is 0 Å². The van der Waals surface area contributed by atoms with Gasteiger partial charge in [0.15, 0.2) is 0 Å². The van der Waals surface area contributed by atoms with Gasteiger partial charge in [-0.3, -0.25) is 4.90 Å². The molecule has 0 saturated carbocycles. The van der Waals surface area contributed by atoms with E-state index in [4.69, 9.17) is 0 Å². The molecule has 0 radical (unpaired) electrons. The maximum Gasteiger partial charge on any atom is 0.321 e. The Morgan fingerprint density at radius 3 is 2.43 bits per heavy atom. The maximum absolute atomic E-state index is 12.7. The average molecular weight is 379 g/mol. The van der Waals surface area contributed by atoms with Crippen molar-refractivity contribution in [3.8, 4) is 0 Å². The summed E-state index contributed by atoms with van der Waals surface area (Å²) in [5.74, 6) is 0. The molecule has 0 spiro atoms. The molecule has 2 aliphatic heterocycles. The van der Waals surface area contributed by atoms with Crippen LogP contribution in [0.4, 0.5) is 26.7 Å². The molecule has 0 aliphatic carbocycles. The molecule has 2 heterocycles. The molecule has 2 aromatic carbocycles. The first-order chi connectivity index (χ1) is 13.6. The zero-order valence-electron chi connectivity index (χ0n) is 16.0. The van der Waals surface area contributed by atoms with E-state index < -0.39 is 0 Å². The van der Waals surface area contributed by atoms with E-state index in [-0.39, 0.29) is 12.1 Å². The molecule has 0 unspecified atom stereocenters. The van der Waals surface area contributed by atoms with Crippen LogP contribution >= 0.6 is 0 Å². The molecule has 0 atom stereocenters.